The van der Waals surface area contributed by atoms with Crippen LogP contribution in [0.2, 0.25) is 0 Å². The first-order valence-corrected chi connectivity index (χ1v) is 9.70. The number of benzene rings is 2. The van der Waals surface area contributed by atoms with Gasteiger partial charge in [0.2, 0.25) is 0 Å². The summed E-state index contributed by atoms with van der Waals surface area (Å²) < 4.78 is 43.7. The lowest BCUT2D eigenvalue weighted by Crippen LogP contribution is -2.13. The molecule has 4 aromatic rings. The van der Waals surface area contributed by atoms with Gasteiger partial charge in [-0.2, -0.15) is 4.98 Å². The van der Waals surface area contributed by atoms with Gasteiger partial charge in [-0.15, -0.1) is 0 Å². The predicted octanol–water partition coefficient (Wildman–Crippen LogP) is 3.68. The summed E-state index contributed by atoms with van der Waals surface area (Å²) in [6, 6.07) is 13.0. The monoisotopic (exact) mass is 400 g/mol. The second-order valence-electron chi connectivity index (χ2n) is 5.90. The van der Waals surface area contributed by atoms with Crippen molar-refractivity contribution in [3.63, 3.8) is 0 Å². The minimum absolute atomic E-state index is 0.0445. The number of anilines is 3. The fourth-order valence-electron chi connectivity index (χ4n) is 2.60. The number of rotatable bonds is 6. The zero-order valence-corrected chi connectivity index (χ0v) is 15.8. The van der Waals surface area contributed by atoms with Crippen molar-refractivity contribution in [1.29, 1.82) is 0 Å². The number of hydrogen-bond acceptors (Lipinski definition) is 8. The molecule has 0 amide bonds. The Bertz CT molecular complexity index is 1250. The SMILES string of the molecule is COc1ccccc1NS(=O)(=O)c1ccc2oc(Nc3cc(C)on3)nc2c1. The van der Waals surface area contributed by atoms with E-state index in [2.05, 4.69) is 20.2 Å². The quantitative estimate of drug-likeness (QED) is 0.503. The molecule has 2 heterocycles. The van der Waals surface area contributed by atoms with Crippen molar-refractivity contribution in [3.8, 4) is 5.75 Å². The van der Waals surface area contributed by atoms with Gasteiger partial charge in [-0.3, -0.25) is 10.0 Å². The maximum atomic E-state index is 12.8. The molecule has 0 radical (unpaired) electrons. The first-order valence-electron chi connectivity index (χ1n) is 8.21. The Hall–Kier alpha value is -3.53. The topological polar surface area (TPSA) is 119 Å². The molecule has 0 aliphatic carbocycles. The molecule has 0 aliphatic rings. The van der Waals surface area contributed by atoms with Crippen LogP contribution in [-0.4, -0.2) is 25.7 Å². The Morgan fingerprint density at radius 3 is 2.68 bits per heavy atom. The van der Waals surface area contributed by atoms with Crippen LogP contribution < -0.4 is 14.8 Å². The number of nitrogens with zero attached hydrogens (tertiary/aromatic N) is 2. The molecule has 4 rings (SSSR count). The van der Waals surface area contributed by atoms with Gasteiger partial charge in [-0.1, -0.05) is 17.3 Å². The molecule has 0 aliphatic heterocycles. The summed E-state index contributed by atoms with van der Waals surface area (Å²) in [6.07, 6.45) is 0. The lowest BCUT2D eigenvalue weighted by Gasteiger charge is -2.11. The zero-order chi connectivity index (χ0) is 19.7. The summed E-state index contributed by atoms with van der Waals surface area (Å²) in [5.41, 5.74) is 1.15. The molecule has 2 aromatic heterocycles. The predicted molar refractivity (Wildman–Crippen MR) is 102 cm³/mol. The van der Waals surface area contributed by atoms with E-state index < -0.39 is 10.0 Å². The molecule has 144 valence electrons. The third-order valence-corrected chi connectivity index (χ3v) is 5.25. The first-order chi connectivity index (χ1) is 13.4. The molecule has 9 nitrogen and oxygen atoms in total. The van der Waals surface area contributed by atoms with Gasteiger partial charge < -0.3 is 13.7 Å². The van der Waals surface area contributed by atoms with Crippen molar-refractivity contribution in [1.82, 2.24) is 10.1 Å². The molecular weight excluding hydrogens is 384 g/mol. The van der Waals surface area contributed by atoms with E-state index in [0.717, 1.165) is 0 Å². The van der Waals surface area contributed by atoms with E-state index in [1.807, 2.05) is 0 Å². The molecule has 0 atom stereocenters. The highest BCUT2D eigenvalue weighted by Gasteiger charge is 2.18. The molecule has 0 spiro atoms. The van der Waals surface area contributed by atoms with Gasteiger partial charge in [0.15, 0.2) is 11.4 Å². The third kappa shape index (κ3) is 3.49. The summed E-state index contributed by atoms with van der Waals surface area (Å²) >= 11 is 0. The van der Waals surface area contributed by atoms with E-state index in [1.165, 1.54) is 19.2 Å². The fraction of sp³-hybridized carbons (Fsp3) is 0.111. The van der Waals surface area contributed by atoms with E-state index in [0.29, 0.717) is 34.1 Å². The van der Waals surface area contributed by atoms with E-state index in [4.69, 9.17) is 13.7 Å². The summed E-state index contributed by atoms with van der Waals surface area (Å²) in [5.74, 6) is 1.49. The van der Waals surface area contributed by atoms with Gasteiger partial charge in [0.25, 0.3) is 10.0 Å². The van der Waals surface area contributed by atoms with Crippen molar-refractivity contribution in [3.05, 3.63) is 54.3 Å². The van der Waals surface area contributed by atoms with Crippen molar-refractivity contribution in [2.24, 2.45) is 0 Å². The normalized spacial score (nSPS) is 11.5. The van der Waals surface area contributed by atoms with E-state index in [-0.39, 0.29) is 10.9 Å². The highest BCUT2D eigenvalue weighted by Crippen LogP contribution is 2.28. The second-order valence-corrected chi connectivity index (χ2v) is 7.58. The Labute approximate surface area is 160 Å². The van der Waals surface area contributed by atoms with Gasteiger partial charge in [0.1, 0.15) is 17.0 Å². The average Bonchev–Trinajstić information content (AvgIpc) is 3.26. The summed E-state index contributed by atoms with van der Waals surface area (Å²) in [6.45, 7) is 1.76. The van der Waals surface area contributed by atoms with Crippen molar-refractivity contribution in [2.75, 3.05) is 17.1 Å². The standard InChI is InChI=1S/C18H16N4O5S/c1-11-9-17(21-27-11)20-18-19-14-10-12(7-8-16(14)26-18)28(23,24)22-13-5-3-4-6-15(13)25-2/h3-10,22H,1-2H3,(H,19,20,21). The van der Waals surface area contributed by atoms with Crippen molar-refractivity contribution >= 4 is 38.6 Å². The van der Waals surface area contributed by atoms with Crippen LogP contribution in [0.3, 0.4) is 0 Å². The number of sulfonamides is 1. The van der Waals surface area contributed by atoms with Gasteiger partial charge in [-0.25, -0.2) is 8.42 Å². The molecular formula is C18H16N4O5S. The third-order valence-electron chi connectivity index (χ3n) is 3.88. The number of ether oxygens (including phenoxy) is 1. The minimum atomic E-state index is -3.84. The van der Waals surface area contributed by atoms with Crippen LogP contribution in [0, 0.1) is 6.92 Å². The minimum Gasteiger partial charge on any atom is -0.495 e. The highest BCUT2D eigenvalue weighted by atomic mass is 32.2. The fourth-order valence-corrected chi connectivity index (χ4v) is 3.69. The van der Waals surface area contributed by atoms with Gasteiger partial charge in [0, 0.05) is 6.07 Å². The van der Waals surface area contributed by atoms with Gasteiger partial charge in [-0.05, 0) is 37.3 Å². The Balaban J connectivity index is 1.63. The van der Waals surface area contributed by atoms with Crippen LogP contribution in [0.4, 0.5) is 17.5 Å². The van der Waals surface area contributed by atoms with Crippen LogP contribution in [0.5, 0.6) is 5.75 Å². The molecule has 2 N–H and O–H groups in total. The second kappa shape index (κ2) is 6.89. The molecule has 10 heteroatoms. The summed E-state index contributed by atoms with van der Waals surface area (Å²) in [5, 5.41) is 6.66. The van der Waals surface area contributed by atoms with E-state index in [9.17, 15) is 8.42 Å². The Kier molecular flexibility index (Phi) is 4.40. The van der Waals surface area contributed by atoms with Crippen LogP contribution in [0.1, 0.15) is 5.76 Å². The van der Waals surface area contributed by atoms with Crippen LogP contribution >= 0.6 is 0 Å². The van der Waals surface area contributed by atoms with Crippen LogP contribution in [0.25, 0.3) is 11.1 Å². The number of para-hydroxylation sites is 2. The Morgan fingerprint density at radius 1 is 1.11 bits per heavy atom. The number of hydrogen-bond donors (Lipinski definition) is 2. The highest BCUT2D eigenvalue weighted by molar-refractivity contribution is 7.92. The molecule has 28 heavy (non-hydrogen) atoms. The number of nitrogens with one attached hydrogen (secondary N) is 2. The maximum Gasteiger partial charge on any atom is 0.301 e. The number of aryl methyl sites for hydroxylation is 1. The Morgan fingerprint density at radius 2 is 1.93 bits per heavy atom. The van der Waals surface area contributed by atoms with Crippen LogP contribution in [0.15, 0.2) is 62.4 Å². The van der Waals surface area contributed by atoms with Gasteiger partial charge >= 0.3 is 6.01 Å². The number of methoxy groups -OCH3 is 1. The van der Waals surface area contributed by atoms with Crippen molar-refractivity contribution < 1.29 is 22.1 Å². The largest absolute Gasteiger partial charge is 0.495 e. The van der Waals surface area contributed by atoms with E-state index in [1.54, 1.807) is 43.3 Å². The maximum absolute atomic E-state index is 12.8. The first kappa shape index (κ1) is 17.9. The van der Waals surface area contributed by atoms with Gasteiger partial charge in [0.05, 0.1) is 17.7 Å². The average molecular weight is 400 g/mol. The molecule has 0 saturated carbocycles. The summed E-state index contributed by atoms with van der Waals surface area (Å²) in [4.78, 5) is 4.30. The summed E-state index contributed by atoms with van der Waals surface area (Å²) in [7, 11) is -2.37. The zero-order valence-electron chi connectivity index (χ0n) is 15.0. The van der Waals surface area contributed by atoms with Crippen molar-refractivity contribution in [2.45, 2.75) is 11.8 Å². The lowest BCUT2D eigenvalue weighted by atomic mass is 10.3. The molecule has 0 fully saturated rings. The lowest BCUT2D eigenvalue weighted by molar-refractivity contribution is 0.400. The molecule has 0 saturated heterocycles. The van der Waals surface area contributed by atoms with E-state index >= 15 is 0 Å². The smallest absolute Gasteiger partial charge is 0.301 e. The molecule has 0 unspecified atom stereocenters. The number of oxazole rings is 1. The number of aromatic nitrogens is 2. The van der Waals surface area contributed by atoms with Crippen LogP contribution in [-0.2, 0) is 10.0 Å². The molecule has 0 bridgehead atoms. The number of fused-ring (bicyclic) bond motifs is 1. The molecule has 2 aromatic carbocycles.